The Morgan fingerprint density at radius 2 is 1.72 bits per heavy atom. The lowest BCUT2D eigenvalue weighted by Gasteiger charge is -2.17. The number of aliphatic carboxylic acids is 1. The highest BCUT2D eigenvalue weighted by Crippen LogP contribution is 2.48. The number of rotatable bonds is 11. The lowest BCUT2D eigenvalue weighted by Crippen LogP contribution is -2.08. The van der Waals surface area contributed by atoms with Gasteiger partial charge in [0.1, 0.15) is 39.0 Å². The van der Waals surface area contributed by atoms with Crippen LogP contribution in [-0.4, -0.2) is 38.1 Å². The standard InChI is InChI=1S/C29H28F2O7S/c1-39(34,35)14-2-13-36-26-10-7-19(15-24(26)31)38-25-12-9-23(30)28-20(25)8-11-27(28)37-18-5-3-17(4-6-18)21-16-22(21)29(32)33/h3-7,9-10,12,15,21-22,27H,2,8,11,13-14,16H2,1H3,(H,32,33)/t21-,22+,27-/m1/s1. The van der Waals surface area contributed by atoms with Crippen molar-refractivity contribution >= 4 is 15.8 Å². The fourth-order valence-corrected chi connectivity index (χ4v) is 5.58. The molecule has 1 saturated carbocycles. The van der Waals surface area contributed by atoms with Crippen molar-refractivity contribution < 1.29 is 41.3 Å². The summed E-state index contributed by atoms with van der Waals surface area (Å²) in [5, 5.41) is 9.14. The summed E-state index contributed by atoms with van der Waals surface area (Å²) in [4.78, 5) is 11.1. The quantitative estimate of drug-likeness (QED) is 0.296. The number of benzene rings is 3. The van der Waals surface area contributed by atoms with Crippen LogP contribution in [0.25, 0.3) is 0 Å². The number of halogens is 2. The van der Waals surface area contributed by atoms with Crippen molar-refractivity contribution in [2.45, 2.75) is 37.7 Å². The molecular weight excluding hydrogens is 530 g/mol. The SMILES string of the molecule is CS(=O)(=O)CCCOc1ccc(Oc2ccc(F)c3c2CC[C@H]3Oc2ccc([C@H]3C[C@@H]3C(=O)O)cc2)cc1F. The van der Waals surface area contributed by atoms with Gasteiger partial charge in [-0.05, 0) is 73.6 Å². The number of carboxylic acids is 1. The second-order valence-corrected chi connectivity index (χ2v) is 12.2. The smallest absolute Gasteiger partial charge is 0.307 e. The average molecular weight is 559 g/mol. The van der Waals surface area contributed by atoms with Gasteiger partial charge in [-0.2, -0.15) is 0 Å². The second kappa shape index (κ2) is 10.8. The Balaban J connectivity index is 1.24. The fourth-order valence-electron chi connectivity index (χ4n) is 4.94. The molecule has 0 aromatic heterocycles. The molecule has 0 aliphatic heterocycles. The van der Waals surface area contributed by atoms with Crippen molar-refractivity contribution in [2.24, 2.45) is 5.92 Å². The number of ether oxygens (including phenoxy) is 3. The molecule has 7 nitrogen and oxygen atoms in total. The van der Waals surface area contributed by atoms with Gasteiger partial charge < -0.3 is 19.3 Å². The number of fused-ring (bicyclic) bond motifs is 1. The third-order valence-electron chi connectivity index (χ3n) is 6.98. The summed E-state index contributed by atoms with van der Waals surface area (Å²) in [5.74, 6) is -1.06. The Labute approximate surface area is 225 Å². The molecule has 0 bridgehead atoms. The zero-order valence-corrected chi connectivity index (χ0v) is 22.0. The van der Waals surface area contributed by atoms with Crippen molar-refractivity contribution in [3.63, 3.8) is 0 Å². The first-order valence-electron chi connectivity index (χ1n) is 12.7. The van der Waals surface area contributed by atoms with Gasteiger partial charge >= 0.3 is 5.97 Å². The van der Waals surface area contributed by atoms with Gasteiger partial charge in [0.05, 0.1) is 18.3 Å². The first-order chi connectivity index (χ1) is 18.6. The lowest BCUT2D eigenvalue weighted by atomic mass is 10.1. The molecule has 3 aromatic carbocycles. The predicted octanol–water partition coefficient (Wildman–Crippen LogP) is 5.83. The van der Waals surface area contributed by atoms with E-state index in [9.17, 15) is 22.0 Å². The molecule has 0 heterocycles. The second-order valence-electron chi connectivity index (χ2n) is 9.97. The van der Waals surface area contributed by atoms with Crippen LogP contribution < -0.4 is 14.2 Å². The van der Waals surface area contributed by atoms with Gasteiger partial charge in [-0.25, -0.2) is 17.2 Å². The summed E-state index contributed by atoms with van der Waals surface area (Å²) >= 11 is 0. The molecule has 0 radical (unpaired) electrons. The molecule has 0 spiro atoms. The van der Waals surface area contributed by atoms with Crippen LogP contribution in [0.5, 0.6) is 23.0 Å². The zero-order valence-electron chi connectivity index (χ0n) is 21.2. The maximum atomic E-state index is 14.9. The Hall–Kier alpha value is -3.66. The van der Waals surface area contributed by atoms with Gasteiger partial charge in [0.15, 0.2) is 11.6 Å². The molecule has 2 aliphatic rings. The van der Waals surface area contributed by atoms with Crippen LogP contribution in [0.1, 0.15) is 48.0 Å². The highest BCUT2D eigenvalue weighted by atomic mass is 32.2. The minimum atomic E-state index is -3.11. The number of hydrogen-bond acceptors (Lipinski definition) is 6. The monoisotopic (exact) mass is 558 g/mol. The third kappa shape index (κ3) is 6.33. The number of carboxylic acid groups (broad SMARTS) is 1. The van der Waals surface area contributed by atoms with Crippen molar-refractivity contribution in [3.8, 4) is 23.0 Å². The van der Waals surface area contributed by atoms with E-state index in [2.05, 4.69) is 0 Å². The van der Waals surface area contributed by atoms with Gasteiger partial charge in [0.25, 0.3) is 0 Å². The van der Waals surface area contributed by atoms with Gasteiger partial charge in [-0.15, -0.1) is 0 Å². The average Bonchev–Trinajstić information content (AvgIpc) is 3.58. The molecule has 1 fully saturated rings. The summed E-state index contributed by atoms with van der Waals surface area (Å²) in [6.07, 6.45) is 2.53. The molecule has 0 unspecified atom stereocenters. The molecule has 5 rings (SSSR count). The van der Waals surface area contributed by atoms with Crippen LogP contribution in [-0.2, 0) is 21.1 Å². The van der Waals surface area contributed by atoms with Gasteiger partial charge in [-0.1, -0.05) is 12.1 Å². The van der Waals surface area contributed by atoms with E-state index in [1.165, 1.54) is 30.3 Å². The molecule has 206 valence electrons. The summed E-state index contributed by atoms with van der Waals surface area (Å²) in [6, 6.07) is 14.2. The van der Waals surface area contributed by atoms with Crippen LogP contribution in [0.2, 0.25) is 0 Å². The largest absolute Gasteiger partial charge is 0.490 e. The van der Waals surface area contributed by atoms with Crippen LogP contribution in [0.4, 0.5) is 8.78 Å². The van der Waals surface area contributed by atoms with Crippen LogP contribution in [0, 0.1) is 17.6 Å². The summed E-state index contributed by atoms with van der Waals surface area (Å²) in [6.45, 7) is 0.0587. The van der Waals surface area contributed by atoms with Crippen LogP contribution >= 0.6 is 0 Å². The van der Waals surface area contributed by atoms with E-state index in [1.54, 1.807) is 12.1 Å². The minimum Gasteiger partial charge on any atom is -0.490 e. The van der Waals surface area contributed by atoms with E-state index < -0.39 is 33.5 Å². The molecule has 39 heavy (non-hydrogen) atoms. The third-order valence-corrected chi connectivity index (χ3v) is 8.01. The highest BCUT2D eigenvalue weighted by Gasteiger charge is 2.44. The molecular formula is C29H28F2O7S. The van der Waals surface area contributed by atoms with E-state index in [0.717, 1.165) is 11.8 Å². The van der Waals surface area contributed by atoms with E-state index in [4.69, 9.17) is 19.3 Å². The number of hydrogen-bond donors (Lipinski definition) is 1. The summed E-state index contributed by atoms with van der Waals surface area (Å²) in [7, 11) is -3.11. The first kappa shape index (κ1) is 26.9. The minimum absolute atomic E-state index is 0.0140. The van der Waals surface area contributed by atoms with E-state index in [1.807, 2.05) is 12.1 Å². The first-order valence-corrected chi connectivity index (χ1v) is 14.7. The zero-order chi connectivity index (χ0) is 27.7. The van der Waals surface area contributed by atoms with Gasteiger partial charge in [0, 0.05) is 23.4 Å². The van der Waals surface area contributed by atoms with Crippen molar-refractivity contribution in [2.75, 3.05) is 18.6 Å². The fraction of sp³-hybridized carbons (Fsp3) is 0.345. The maximum absolute atomic E-state index is 14.9. The molecule has 2 aliphatic carbocycles. The molecule has 3 aromatic rings. The topological polar surface area (TPSA) is 99.1 Å². The number of carbonyl (C=O) groups is 1. The summed E-state index contributed by atoms with van der Waals surface area (Å²) < 4.78 is 69.2. The van der Waals surface area contributed by atoms with Gasteiger partial charge in [-0.3, -0.25) is 4.79 Å². The Bertz CT molecular complexity index is 1490. The predicted molar refractivity (Wildman–Crippen MR) is 139 cm³/mol. The van der Waals surface area contributed by atoms with Crippen molar-refractivity contribution in [3.05, 3.63) is 82.9 Å². The van der Waals surface area contributed by atoms with Gasteiger partial charge in [0.2, 0.25) is 0 Å². The van der Waals surface area contributed by atoms with Crippen molar-refractivity contribution in [1.29, 1.82) is 0 Å². The van der Waals surface area contributed by atoms with E-state index in [0.29, 0.717) is 41.9 Å². The highest BCUT2D eigenvalue weighted by molar-refractivity contribution is 7.90. The lowest BCUT2D eigenvalue weighted by molar-refractivity contribution is -0.138. The van der Waals surface area contributed by atoms with E-state index >= 15 is 0 Å². The molecule has 3 atom stereocenters. The normalized spacial score (nSPS) is 19.8. The molecule has 0 saturated heterocycles. The molecule has 0 amide bonds. The Kier molecular flexibility index (Phi) is 7.48. The number of sulfone groups is 1. The maximum Gasteiger partial charge on any atom is 0.307 e. The van der Waals surface area contributed by atoms with Crippen LogP contribution in [0.3, 0.4) is 0 Å². The van der Waals surface area contributed by atoms with Crippen LogP contribution in [0.15, 0.2) is 54.6 Å². The molecule has 1 N–H and O–H groups in total. The summed E-state index contributed by atoms with van der Waals surface area (Å²) in [5.41, 5.74) is 2.00. The Morgan fingerprint density at radius 3 is 2.38 bits per heavy atom. The van der Waals surface area contributed by atoms with Crippen molar-refractivity contribution in [1.82, 2.24) is 0 Å². The van der Waals surface area contributed by atoms with E-state index in [-0.39, 0.29) is 42.1 Å². The Morgan fingerprint density at radius 1 is 1.00 bits per heavy atom. The molecule has 10 heteroatoms.